The number of carboxylic acid groups (broad SMARTS) is 1. The number of hydrogen-bond acceptors (Lipinski definition) is 5. The Kier molecular flexibility index (Phi) is 10.0. The molecule has 192 valence electrons. The van der Waals surface area contributed by atoms with Crippen LogP contribution in [0.4, 0.5) is 5.69 Å². The van der Waals surface area contributed by atoms with Crippen LogP contribution in [0.15, 0.2) is 94.8 Å². The third-order valence-electron chi connectivity index (χ3n) is 5.91. The van der Waals surface area contributed by atoms with E-state index in [1.807, 2.05) is 36.4 Å². The number of carbonyl (C=O) groups is 2. The van der Waals surface area contributed by atoms with Crippen molar-refractivity contribution < 1.29 is 19.4 Å². The van der Waals surface area contributed by atoms with Gasteiger partial charge in [-0.1, -0.05) is 61.0 Å². The normalized spacial score (nSPS) is 13.6. The van der Waals surface area contributed by atoms with Crippen LogP contribution in [0.5, 0.6) is 5.75 Å². The standard InChI is InChI=1S/C28H21N2O2S.C3H6O2.Na/c1-19-11-13-20(14-12-19)18-32-25-16-22-8-6-5-7-21(22)15-23(25)17-26-27(31)30-28(33-26)29-24-9-3-2-4-10-24;1-2-3(4)5;/h3-17H,18H2,1H3,(H,29,30,31);2H2,1H3,(H,4,5);. The van der Waals surface area contributed by atoms with Crippen LogP contribution in [-0.2, 0) is 16.2 Å². The molecular weight excluding hydrogens is 519 g/mol. The summed E-state index contributed by atoms with van der Waals surface area (Å²) in [7, 11) is 0. The number of carboxylic acids is 1. The molecule has 0 radical (unpaired) electrons. The number of ether oxygens (including phenoxy) is 1. The van der Waals surface area contributed by atoms with Gasteiger partial charge in [0.25, 0.3) is 0 Å². The summed E-state index contributed by atoms with van der Waals surface area (Å²) >= 11 is 2.36. The average Bonchev–Trinajstić information content (AvgIpc) is 3.28. The molecule has 0 fully saturated rings. The zero-order valence-electron chi connectivity index (χ0n) is 22.1. The molecule has 4 aromatic rings. The summed E-state index contributed by atoms with van der Waals surface area (Å²) in [5, 5.41) is 13.7. The number of carbonyl (C=O) groups excluding carboxylic acids is 1. The Morgan fingerprint density at radius 1 is 1.03 bits per heavy atom. The smallest absolute Gasteiger partial charge is 0.0554 e. The molecule has 0 aliphatic carbocycles. The number of thioether (sulfide) groups is 1. The van der Waals surface area contributed by atoms with Gasteiger partial charge in [0.15, 0.2) is 0 Å². The van der Waals surface area contributed by atoms with Gasteiger partial charge in [-0.2, -0.15) is 0 Å². The number of aliphatic imine (C=N–C) groups is 1. The maximum absolute atomic E-state index is 12.7. The molecule has 0 aromatic heterocycles. The summed E-state index contributed by atoms with van der Waals surface area (Å²) in [5.74, 6) is -0.251. The third kappa shape index (κ3) is 8.31. The molecule has 2 N–H and O–H groups in total. The number of aryl methyl sites for hydroxylation is 1. The molecule has 5 rings (SSSR count). The zero-order chi connectivity index (χ0) is 27.8. The van der Waals surface area contributed by atoms with Crippen LogP contribution >= 0.6 is 11.8 Å². The number of rotatable bonds is 6. The Morgan fingerprint density at radius 3 is 2.31 bits per heavy atom. The quantitative estimate of drug-likeness (QED) is 0.225. The van der Waals surface area contributed by atoms with E-state index in [0.29, 0.717) is 16.7 Å². The van der Waals surface area contributed by atoms with E-state index >= 15 is 0 Å². The number of amides is 1. The number of anilines is 1. The summed E-state index contributed by atoms with van der Waals surface area (Å²) in [6, 6.07) is 28.8. The van der Waals surface area contributed by atoms with Gasteiger partial charge in [-0.3, -0.25) is 4.79 Å². The van der Waals surface area contributed by atoms with Gasteiger partial charge in [-0.15, -0.1) is 0 Å². The second-order valence-electron chi connectivity index (χ2n) is 9.08. The fourth-order valence-electron chi connectivity index (χ4n) is 3.68. The van der Waals surface area contributed by atoms with Crippen LogP contribution in [0.3, 0.4) is 0 Å². The van der Waals surface area contributed by atoms with Crippen LogP contribution in [0, 0.1) is 6.92 Å². The maximum atomic E-state index is 12.7. The van der Waals surface area contributed by atoms with Gasteiger partial charge in [-0.05, 0) is 17.9 Å². The van der Waals surface area contributed by atoms with Crippen LogP contribution in [0.25, 0.3) is 16.8 Å². The molecule has 8 heteroatoms. The number of amidine groups is 1. The number of nitrogens with zero attached hydrogens (tertiary/aromatic N) is 1. The van der Waals surface area contributed by atoms with Crippen LogP contribution in [0.2, 0.25) is 0 Å². The topological polar surface area (TPSA) is 88.0 Å². The molecule has 6 nitrogen and oxygen atoms in total. The molecule has 0 unspecified atom stereocenters. The first-order valence-electron chi connectivity index (χ1n) is 12.6. The van der Waals surface area contributed by atoms with Gasteiger partial charge in [0, 0.05) is 6.42 Å². The fraction of sp³-hybridized carbons (Fsp3) is 0.129. The Balaban J connectivity index is 0.000000648. The van der Waals surface area contributed by atoms with Gasteiger partial charge in [0.05, 0.1) is 0 Å². The molecular formula is C31H27N2NaO4S. The SMILES string of the molecule is CCC(=O)O.Cc1ccc(COc2cc3ccccc3cc2C=C2SC(Nc3cc[c]([Na])cc3)=NC2=O)cc1. The number of nitrogens with one attached hydrogen (secondary N) is 1. The molecule has 1 heterocycles. The molecule has 0 bridgehead atoms. The maximum Gasteiger partial charge on any atom is -0.0554 e. The first-order chi connectivity index (χ1) is 18.8. The molecule has 0 spiro atoms. The first-order valence-corrected chi connectivity index (χ1v) is 14.4. The molecule has 1 aliphatic heterocycles. The Bertz CT molecular complexity index is 1550. The number of benzene rings is 4. The minimum absolute atomic E-state index is 0.222. The van der Waals surface area contributed by atoms with Crippen molar-refractivity contribution in [1.29, 1.82) is 0 Å². The molecule has 0 atom stereocenters. The van der Waals surface area contributed by atoms with Crippen molar-refractivity contribution in [2.24, 2.45) is 4.99 Å². The van der Waals surface area contributed by atoms with Crippen molar-refractivity contribution >= 4 is 82.1 Å². The van der Waals surface area contributed by atoms with Gasteiger partial charge in [0.1, 0.15) is 6.61 Å². The Morgan fingerprint density at radius 2 is 1.67 bits per heavy atom. The van der Waals surface area contributed by atoms with E-state index in [-0.39, 0.29) is 12.3 Å². The summed E-state index contributed by atoms with van der Waals surface area (Å²) in [5.41, 5.74) is 4.10. The summed E-state index contributed by atoms with van der Waals surface area (Å²) in [6.07, 6.45) is 2.10. The van der Waals surface area contributed by atoms with Crippen molar-refractivity contribution in [3.8, 4) is 5.75 Å². The minimum Gasteiger partial charge on any atom is -0.0589 e. The predicted molar refractivity (Wildman–Crippen MR) is 161 cm³/mol. The van der Waals surface area contributed by atoms with Crippen molar-refractivity contribution in [1.82, 2.24) is 0 Å². The van der Waals surface area contributed by atoms with Gasteiger partial charge in [0.2, 0.25) is 0 Å². The summed E-state index contributed by atoms with van der Waals surface area (Å²) < 4.78 is 7.55. The Labute approximate surface area is 249 Å². The first kappa shape index (κ1) is 28.6. The number of aliphatic carboxylic acids is 1. The molecule has 0 saturated heterocycles. The van der Waals surface area contributed by atoms with E-state index in [1.54, 1.807) is 6.92 Å². The fourth-order valence-corrected chi connectivity index (χ4v) is 4.84. The van der Waals surface area contributed by atoms with E-state index in [0.717, 1.165) is 61.3 Å². The van der Waals surface area contributed by atoms with Crippen molar-refractivity contribution in [2.45, 2.75) is 26.9 Å². The van der Waals surface area contributed by atoms with Crippen LogP contribution in [0.1, 0.15) is 30.0 Å². The third-order valence-corrected chi connectivity index (χ3v) is 7.47. The monoisotopic (exact) mass is 546 g/mol. The minimum atomic E-state index is -0.745. The predicted octanol–water partition coefficient (Wildman–Crippen LogP) is 6.08. The zero-order valence-corrected chi connectivity index (χ0v) is 24.9. The number of fused-ring (bicyclic) bond motifs is 1. The van der Waals surface area contributed by atoms with Crippen molar-refractivity contribution in [3.63, 3.8) is 0 Å². The van der Waals surface area contributed by atoms with E-state index in [4.69, 9.17) is 9.84 Å². The van der Waals surface area contributed by atoms with E-state index in [9.17, 15) is 9.59 Å². The molecule has 1 aliphatic rings. The van der Waals surface area contributed by atoms with Gasteiger partial charge in [-0.25, -0.2) is 0 Å². The number of hydrogen-bond donors (Lipinski definition) is 2. The van der Waals surface area contributed by atoms with Crippen molar-refractivity contribution in [3.05, 3.63) is 107 Å². The average molecular weight is 547 g/mol. The van der Waals surface area contributed by atoms with E-state index in [2.05, 4.69) is 71.8 Å². The van der Waals surface area contributed by atoms with Gasteiger partial charge < -0.3 is 5.11 Å². The summed E-state index contributed by atoms with van der Waals surface area (Å²) in [4.78, 5) is 26.8. The van der Waals surface area contributed by atoms with Gasteiger partial charge >= 0.3 is 149 Å². The Hall–Kier alpha value is -3.36. The largest absolute Gasteiger partial charge is 0.0589 e. The second kappa shape index (κ2) is 13.6. The van der Waals surface area contributed by atoms with Crippen LogP contribution in [-0.4, -0.2) is 50.1 Å². The second-order valence-corrected chi connectivity index (χ2v) is 11.3. The molecule has 1 amide bonds. The molecule has 39 heavy (non-hydrogen) atoms. The van der Waals surface area contributed by atoms with E-state index in [1.165, 1.54) is 20.1 Å². The van der Waals surface area contributed by atoms with Crippen molar-refractivity contribution in [2.75, 3.05) is 5.32 Å². The molecule has 4 aromatic carbocycles. The molecule has 0 saturated carbocycles. The van der Waals surface area contributed by atoms with Crippen LogP contribution < -0.4 is 12.9 Å². The van der Waals surface area contributed by atoms with E-state index < -0.39 is 5.97 Å². The summed E-state index contributed by atoms with van der Waals surface area (Å²) in [6.45, 7) is 4.12.